The Morgan fingerprint density at radius 3 is 2.64 bits per heavy atom. The fourth-order valence-electron chi connectivity index (χ4n) is 2.16. The van der Waals surface area contributed by atoms with Crippen LogP contribution >= 0.6 is 11.8 Å². The molecular weight excluding hydrogens is 200 g/mol. The van der Waals surface area contributed by atoms with Gasteiger partial charge in [-0.2, -0.15) is 0 Å². The zero-order chi connectivity index (χ0) is 9.76. The van der Waals surface area contributed by atoms with Crippen molar-refractivity contribution in [1.29, 1.82) is 0 Å². The topological polar surface area (TPSA) is 65.7 Å². The van der Waals surface area contributed by atoms with Crippen molar-refractivity contribution in [3.8, 4) is 0 Å². The molecule has 1 aromatic heterocycles. The van der Waals surface area contributed by atoms with Crippen molar-refractivity contribution in [3.63, 3.8) is 0 Å². The van der Waals surface area contributed by atoms with Gasteiger partial charge in [0.15, 0.2) is 0 Å². The van der Waals surface area contributed by atoms with Crippen molar-refractivity contribution in [3.05, 3.63) is 26.4 Å². The van der Waals surface area contributed by atoms with E-state index in [2.05, 4.69) is 9.97 Å². The largest absolute Gasteiger partial charge is 0.326 e. The van der Waals surface area contributed by atoms with Crippen molar-refractivity contribution >= 4 is 11.8 Å². The average Bonchev–Trinajstić information content (AvgIpc) is 2.42. The Hall–Kier alpha value is -0.970. The molecule has 1 saturated carbocycles. The molecule has 1 aromatic rings. The van der Waals surface area contributed by atoms with Gasteiger partial charge in [0, 0.05) is 10.3 Å². The van der Waals surface area contributed by atoms with Crippen LogP contribution in [0.15, 0.2) is 14.6 Å². The number of aromatic nitrogens is 2. The standard InChI is InChI=1S/C9H10N2O2S/c12-6-5-4-9(2-1-3-9)14-7(5)11-8(13)10-6/h1-4H2,(H2,10,11,12,13). The molecule has 0 radical (unpaired) electrons. The summed E-state index contributed by atoms with van der Waals surface area (Å²) in [4.78, 5) is 27.5. The molecule has 0 unspecified atom stereocenters. The highest BCUT2D eigenvalue weighted by Gasteiger charge is 2.44. The second kappa shape index (κ2) is 2.53. The lowest BCUT2D eigenvalue weighted by Gasteiger charge is -2.36. The van der Waals surface area contributed by atoms with Crippen LogP contribution < -0.4 is 11.2 Å². The van der Waals surface area contributed by atoms with Gasteiger partial charge < -0.3 is 4.98 Å². The van der Waals surface area contributed by atoms with Crippen LogP contribution in [-0.2, 0) is 6.42 Å². The Kier molecular flexibility index (Phi) is 1.51. The van der Waals surface area contributed by atoms with E-state index in [-0.39, 0.29) is 10.3 Å². The summed E-state index contributed by atoms with van der Waals surface area (Å²) >= 11 is 1.68. The Balaban J connectivity index is 2.14. The van der Waals surface area contributed by atoms with E-state index < -0.39 is 5.69 Å². The normalized spacial score (nSPS) is 22.0. The molecule has 74 valence electrons. The zero-order valence-corrected chi connectivity index (χ0v) is 8.37. The van der Waals surface area contributed by atoms with Gasteiger partial charge in [0.25, 0.3) is 5.56 Å². The summed E-state index contributed by atoms with van der Waals surface area (Å²) in [6, 6.07) is 0. The smallest absolute Gasteiger partial charge is 0.302 e. The van der Waals surface area contributed by atoms with Gasteiger partial charge in [-0.15, -0.1) is 11.8 Å². The lowest BCUT2D eigenvalue weighted by molar-refractivity contribution is 0.366. The van der Waals surface area contributed by atoms with Gasteiger partial charge in [-0.05, 0) is 19.3 Å². The third kappa shape index (κ3) is 1.02. The highest BCUT2D eigenvalue weighted by atomic mass is 32.2. The van der Waals surface area contributed by atoms with Gasteiger partial charge >= 0.3 is 5.69 Å². The van der Waals surface area contributed by atoms with E-state index in [1.54, 1.807) is 11.8 Å². The first-order chi connectivity index (χ1) is 6.69. The van der Waals surface area contributed by atoms with Crippen LogP contribution in [0.2, 0.25) is 0 Å². The molecule has 0 aromatic carbocycles. The molecule has 0 amide bonds. The number of nitrogens with one attached hydrogen (secondary N) is 2. The monoisotopic (exact) mass is 210 g/mol. The molecule has 4 nitrogen and oxygen atoms in total. The van der Waals surface area contributed by atoms with E-state index in [1.807, 2.05) is 0 Å². The second-order valence-electron chi connectivity index (χ2n) is 4.03. The third-order valence-electron chi connectivity index (χ3n) is 3.08. The first-order valence-electron chi connectivity index (χ1n) is 4.73. The molecule has 5 heteroatoms. The number of rotatable bonds is 0. The fraction of sp³-hybridized carbons (Fsp3) is 0.556. The molecular formula is C9H10N2O2S. The summed E-state index contributed by atoms with van der Waals surface area (Å²) in [6.45, 7) is 0. The first kappa shape index (κ1) is 8.35. The van der Waals surface area contributed by atoms with Gasteiger partial charge in [0.1, 0.15) is 0 Å². The minimum Gasteiger partial charge on any atom is -0.302 e. The Labute approximate surface area is 84.1 Å². The van der Waals surface area contributed by atoms with Crippen molar-refractivity contribution in [2.45, 2.75) is 35.5 Å². The van der Waals surface area contributed by atoms with Gasteiger partial charge in [-0.25, -0.2) is 4.79 Å². The molecule has 0 atom stereocenters. The molecule has 1 fully saturated rings. The van der Waals surface area contributed by atoms with Crippen molar-refractivity contribution in [2.75, 3.05) is 0 Å². The van der Waals surface area contributed by atoms with Crippen LogP contribution in [-0.4, -0.2) is 14.7 Å². The van der Waals surface area contributed by atoms with Crippen LogP contribution in [0.25, 0.3) is 0 Å². The minimum absolute atomic E-state index is 0.208. The van der Waals surface area contributed by atoms with Gasteiger partial charge in [-0.3, -0.25) is 9.78 Å². The maximum Gasteiger partial charge on any atom is 0.326 e. The number of aromatic amines is 2. The summed E-state index contributed by atoms with van der Waals surface area (Å²) < 4.78 is 0.236. The molecule has 1 aliphatic heterocycles. The van der Waals surface area contributed by atoms with E-state index >= 15 is 0 Å². The average molecular weight is 210 g/mol. The molecule has 2 aliphatic rings. The maximum atomic E-state index is 11.5. The van der Waals surface area contributed by atoms with Crippen LogP contribution in [0.5, 0.6) is 0 Å². The Morgan fingerprint density at radius 2 is 2.00 bits per heavy atom. The predicted molar refractivity (Wildman–Crippen MR) is 53.8 cm³/mol. The van der Waals surface area contributed by atoms with Crippen LogP contribution in [0.4, 0.5) is 0 Å². The van der Waals surface area contributed by atoms with Crippen molar-refractivity contribution in [1.82, 2.24) is 9.97 Å². The van der Waals surface area contributed by atoms with Gasteiger partial charge in [0.05, 0.1) is 5.03 Å². The summed E-state index contributed by atoms with van der Waals surface area (Å²) in [5, 5.41) is 0.790. The van der Waals surface area contributed by atoms with E-state index in [1.165, 1.54) is 6.42 Å². The number of hydrogen-bond donors (Lipinski definition) is 2. The quantitative estimate of drug-likeness (QED) is 0.617. The number of H-pyrrole nitrogens is 2. The third-order valence-corrected chi connectivity index (χ3v) is 4.62. The molecule has 1 spiro atoms. The molecule has 14 heavy (non-hydrogen) atoms. The number of thioether (sulfide) groups is 1. The van der Waals surface area contributed by atoms with Crippen LogP contribution in [0.1, 0.15) is 24.8 Å². The molecule has 2 heterocycles. The van der Waals surface area contributed by atoms with Crippen molar-refractivity contribution < 1.29 is 0 Å². The molecule has 3 rings (SSSR count). The van der Waals surface area contributed by atoms with E-state index in [4.69, 9.17) is 0 Å². The Morgan fingerprint density at radius 1 is 1.21 bits per heavy atom. The highest BCUT2D eigenvalue weighted by Crippen LogP contribution is 2.53. The zero-order valence-electron chi connectivity index (χ0n) is 7.55. The summed E-state index contributed by atoms with van der Waals surface area (Å²) in [5.74, 6) is 0. The highest BCUT2D eigenvalue weighted by molar-refractivity contribution is 8.01. The van der Waals surface area contributed by atoms with Gasteiger partial charge in [0.2, 0.25) is 0 Å². The van der Waals surface area contributed by atoms with Crippen LogP contribution in [0.3, 0.4) is 0 Å². The van der Waals surface area contributed by atoms with E-state index in [0.29, 0.717) is 0 Å². The SMILES string of the molecule is O=c1[nH]c2c(c(=O)[nH]1)CC1(CCC1)S2. The Bertz CT molecular complexity index is 498. The van der Waals surface area contributed by atoms with Crippen LogP contribution in [0, 0.1) is 0 Å². The molecule has 1 aliphatic carbocycles. The van der Waals surface area contributed by atoms with E-state index in [9.17, 15) is 9.59 Å². The lowest BCUT2D eigenvalue weighted by atomic mass is 9.80. The lowest BCUT2D eigenvalue weighted by Crippen LogP contribution is -2.33. The predicted octanol–water partition coefficient (Wildman–Crippen LogP) is 0.634. The molecule has 0 bridgehead atoms. The minimum atomic E-state index is -0.391. The maximum absolute atomic E-state index is 11.5. The van der Waals surface area contributed by atoms with Crippen molar-refractivity contribution in [2.24, 2.45) is 0 Å². The summed E-state index contributed by atoms with van der Waals surface area (Å²) in [6.07, 6.45) is 4.38. The number of hydrogen-bond acceptors (Lipinski definition) is 3. The summed E-state index contributed by atoms with van der Waals surface area (Å²) in [5.41, 5.74) is 0.173. The summed E-state index contributed by atoms with van der Waals surface area (Å²) in [7, 11) is 0. The molecule has 2 N–H and O–H groups in total. The van der Waals surface area contributed by atoms with E-state index in [0.717, 1.165) is 29.9 Å². The van der Waals surface area contributed by atoms with Gasteiger partial charge in [-0.1, -0.05) is 6.42 Å². The number of fused-ring (bicyclic) bond motifs is 1. The first-order valence-corrected chi connectivity index (χ1v) is 5.55. The fourth-order valence-corrected chi connectivity index (χ4v) is 3.74. The second-order valence-corrected chi connectivity index (χ2v) is 5.51. The molecule has 0 saturated heterocycles.